The van der Waals surface area contributed by atoms with Crippen LogP contribution in [0.4, 0.5) is 0 Å². The van der Waals surface area contributed by atoms with Crippen LogP contribution in [0, 0.1) is 0 Å². The highest BCUT2D eigenvalue weighted by Crippen LogP contribution is 2.21. The quantitative estimate of drug-likeness (QED) is 0.262. The molecule has 1 aliphatic rings. The van der Waals surface area contributed by atoms with Gasteiger partial charge in [-0.1, -0.05) is 0 Å². The molecule has 0 heterocycles. The van der Waals surface area contributed by atoms with Crippen LogP contribution in [0.15, 0.2) is 0 Å². The van der Waals surface area contributed by atoms with E-state index < -0.39 is 38.8 Å². The molecule has 0 aromatic carbocycles. The Bertz CT molecular complexity index is 663. The van der Waals surface area contributed by atoms with E-state index in [2.05, 4.69) is 10.1 Å². The van der Waals surface area contributed by atoms with Crippen molar-refractivity contribution in [3.05, 3.63) is 5.53 Å². The van der Waals surface area contributed by atoms with Gasteiger partial charge in [-0.25, -0.2) is 13.2 Å². The predicted octanol–water partition coefficient (Wildman–Crippen LogP) is 0.0400. The molecule has 2 atom stereocenters. The van der Waals surface area contributed by atoms with Crippen molar-refractivity contribution < 1.29 is 32.3 Å². The number of esters is 1. The topological polar surface area (TPSA) is 143 Å². The van der Waals surface area contributed by atoms with Crippen LogP contribution in [0.1, 0.15) is 45.4 Å². The van der Waals surface area contributed by atoms with Gasteiger partial charge in [-0.05, 0) is 39.0 Å². The normalized spacial score (nSPS) is 17.2. The Kier molecular flexibility index (Phi) is 7.92. The zero-order valence-electron chi connectivity index (χ0n) is 14.3. The van der Waals surface area contributed by atoms with Gasteiger partial charge in [0.1, 0.15) is 17.4 Å². The third-order valence-corrected chi connectivity index (χ3v) is 5.58. The Balaban J connectivity index is 2.78. The molecule has 0 radical (unpaired) electrons. The molecule has 1 N–H and O–H groups in total. The summed E-state index contributed by atoms with van der Waals surface area (Å²) in [7, 11) is -3.62. The van der Waals surface area contributed by atoms with Crippen LogP contribution in [0.3, 0.4) is 0 Å². The molecule has 0 saturated heterocycles. The van der Waals surface area contributed by atoms with Crippen molar-refractivity contribution in [1.29, 1.82) is 0 Å². The third kappa shape index (κ3) is 7.15. The van der Waals surface area contributed by atoms with E-state index >= 15 is 0 Å². The monoisotopic (exact) mass is 373 g/mol. The van der Waals surface area contributed by atoms with E-state index in [4.69, 9.17) is 10.3 Å². The summed E-state index contributed by atoms with van der Waals surface area (Å²) in [5.74, 6) is -2.07. The summed E-state index contributed by atoms with van der Waals surface area (Å²) in [4.78, 5) is 38.4. The smallest absolute Gasteiger partial charge is 0.328 e. The van der Waals surface area contributed by atoms with Gasteiger partial charge in [-0.2, -0.15) is 4.79 Å². The van der Waals surface area contributed by atoms with Crippen molar-refractivity contribution in [3.8, 4) is 0 Å². The van der Waals surface area contributed by atoms with Crippen LogP contribution in [0.2, 0.25) is 0 Å². The van der Waals surface area contributed by atoms with E-state index in [0.717, 1.165) is 31.9 Å². The van der Waals surface area contributed by atoms with Crippen molar-refractivity contribution in [2.45, 2.75) is 62.8 Å². The lowest BCUT2D eigenvalue weighted by molar-refractivity contribution is -0.153. The fourth-order valence-corrected chi connectivity index (χ4v) is 2.86. The van der Waals surface area contributed by atoms with E-state index in [-0.39, 0.29) is 18.9 Å². The summed E-state index contributed by atoms with van der Waals surface area (Å²) in [6.45, 7) is 1.22. The second-order valence-electron chi connectivity index (χ2n) is 6.13. The Morgan fingerprint density at radius 2 is 1.92 bits per heavy atom. The maximum atomic E-state index is 12.3. The molecule has 25 heavy (non-hydrogen) atoms. The molecule has 1 rings (SSSR count). The van der Waals surface area contributed by atoms with E-state index in [9.17, 15) is 22.8 Å². The van der Waals surface area contributed by atoms with Gasteiger partial charge in [-0.15, -0.1) is 0 Å². The summed E-state index contributed by atoms with van der Waals surface area (Å²) < 4.78 is 28.3. The van der Waals surface area contributed by atoms with Crippen molar-refractivity contribution in [2.75, 3.05) is 6.26 Å². The fraction of sp³-hybridized carbons (Fsp3) is 0.733. The van der Waals surface area contributed by atoms with Gasteiger partial charge < -0.3 is 15.6 Å². The minimum absolute atomic E-state index is 0.0847. The van der Waals surface area contributed by atoms with Crippen LogP contribution in [-0.2, 0) is 29.0 Å². The highest BCUT2D eigenvalue weighted by molar-refractivity contribution is 7.92. The molecular weight excluding hydrogens is 350 g/mol. The Morgan fingerprint density at radius 3 is 2.44 bits per heavy atom. The number of hydrogen-bond donors (Lipinski definition) is 1. The molecule has 0 aromatic rings. The second-order valence-corrected chi connectivity index (χ2v) is 8.49. The SMILES string of the molecule is C[C@@H](C(=O)N[C@@H](CCC(=O)C=[N+]=[N-])C(=O)OC1CCCC1)S(C)(=O)=O. The van der Waals surface area contributed by atoms with E-state index in [1.54, 1.807) is 0 Å². The van der Waals surface area contributed by atoms with Crippen molar-refractivity contribution in [3.63, 3.8) is 0 Å². The van der Waals surface area contributed by atoms with Gasteiger partial charge >= 0.3 is 12.2 Å². The van der Waals surface area contributed by atoms with Crippen LogP contribution >= 0.6 is 0 Å². The molecule has 1 saturated carbocycles. The maximum absolute atomic E-state index is 12.3. The van der Waals surface area contributed by atoms with E-state index in [1.165, 1.54) is 6.92 Å². The summed E-state index contributed by atoms with van der Waals surface area (Å²) in [6, 6.07) is -1.15. The average molecular weight is 373 g/mol. The highest BCUT2D eigenvalue weighted by atomic mass is 32.2. The summed E-state index contributed by atoms with van der Waals surface area (Å²) >= 11 is 0. The number of sulfone groups is 1. The number of ether oxygens (including phenoxy) is 1. The molecule has 1 amide bonds. The number of rotatable bonds is 9. The summed E-state index contributed by atoms with van der Waals surface area (Å²) in [5, 5.41) is 1.01. The lowest BCUT2D eigenvalue weighted by Gasteiger charge is -2.21. The zero-order valence-corrected chi connectivity index (χ0v) is 15.1. The van der Waals surface area contributed by atoms with Gasteiger partial charge in [0, 0.05) is 12.7 Å². The number of nitrogens with one attached hydrogen (secondary N) is 1. The minimum atomic E-state index is -3.62. The average Bonchev–Trinajstić information content (AvgIpc) is 3.02. The molecule has 0 bridgehead atoms. The van der Waals surface area contributed by atoms with Crippen LogP contribution in [0.25, 0.3) is 5.53 Å². The summed E-state index contributed by atoms with van der Waals surface area (Å²) in [5.41, 5.74) is 8.33. The first-order valence-corrected chi connectivity index (χ1v) is 10.0. The number of carbonyl (C=O) groups excluding carboxylic acids is 3. The molecule has 10 heteroatoms. The highest BCUT2D eigenvalue weighted by Gasteiger charge is 2.31. The van der Waals surface area contributed by atoms with Gasteiger partial charge in [-0.3, -0.25) is 9.59 Å². The minimum Gasteiger partial charge on any atom is -0.461 e. The molecule has 0 aromatic heterocycles. The lowest BCUT2D eigenvalue weighted by Crippen LogP contribution is -2.48. The molecule has 1 fully saturated rings. The summed E-state index contributed by atoms with van der Waals surface area (Å²) in [6.07, 6.45) is 4.52. The van der Waals surface area contributed by atoms with Crippen LogP contribution in [-0.4, -0.2) is 60.7 Å². The largest absolute Gasteiger partial charge is 0.461 e. The zero-order chi connectivity index (χ0) is 19.0. The fourth-order valence-electron chi connectivity index (χ4n) is 2.40. The third-order valence-electron chi connectivity index (χ3n) is 4.08. The number of amides is 1. The van der Waals surface area contributed by atoms with E-state index in [1.807, 2.05) is 0 Å². The number of nitrogens with zero attached hydrogens (tertiary/aromatic N) is 2. The maximum Gasteiger partial charge on any atom is 0.328 e. The van der Waals surface area contributed by atoms with Gasteiger partial charge in [0.25, 0.3) is 0 Å². The molecule has 0 aliphatic heterocycles. The van der Waals surface area contributed by atoms with Crippen molar-refractivity contribution in [1.82, 2.24) is 5.32 Å². The predicted molar refractivity (Wildman–Crippen MR) is 88.5 cm³/mol. The number of Topliss-reactive ketones (excluding diaryl/α,β-unsaturated/α-hetero) is 1. The first-order valence-electron chi connectivity index (χ1n) is 8.05. The number of carbonyl (C=O) groups is 3. The first-order chi connectivity index (χ1) is 11.6. The molecule has 0 spiro atoms. The molecule has 9 nitrogen and oxygen atoms in total. The molecule has 0 unspecified atom stereocenters. The van der Waals surface area contributed by atoms with Gasteiger partial charge in [0.05, 0.1) is 0 Å². The van der Waals surface area contributed by atoms with Crippen LogP contribution in [0.5, 0.6) is 0 Å². The Hall–Kier alpha value is -2.06. The Morgan fingerprint density at radius 1 is 1.32 bits per heavy atom. The number of ketones is 1. The molecular formula is C15H23N3O6S. The second kappa shape index (κ2) is 9.43. The van der Waals surface area contributed by atoms with Gasteiger partial charge in [0.2, 0.25) is 11.7 Å². The first kappa shape index (κ1) is 21.0. The standard InChI is InChI=1S/C15H23N3O6S/c1-10(25(2,22)23)14(20)18-13(8-7-11(19)9-17-16)15(21)24-12-5-3-4-6-12/h9-10,12-13H,3-8H2,1-2H3,(H,18,20)/t10-,13-/m0/s1. The van der Waals surface area contributed by atoms with Crippen LogP contribution < -0.4 is 5.32 Å². The Labute approximate surface area is 146 Å². The van der Waals surface area contributed by atoms with Crippen molar-refractivity contribution in [2.24, 2.45) is 0 Å². The van der Waals surface area contributed by atoms with Crippen molar-refractivity contribution >= 4 is 33.7 Å². The number of hydrogen-bond acceptors (Lipinski definition) is 6. The molecule has 140 valence electrons. The lowest BCUT2D eigenvalue weighted by atomic mass is 10.1. The molecule has 1 aliphatic carbocycles. The van der Waals surface area contributed by atoms with E-state index in [0.29, 0.717) is 6.21 Å². The van der Waals surface area contributed by atoms with Gasteiger partial charge in [0.15, 0.2) is 9.84 Å².